The lowest BCUT2D eigenvalue weighted by Gasteiger charge is -2.10. The molecule has 0 fully saturated rings. The number of imidazole rings is 1. The minimum Gasteiger partial charge on any atom is -0.467 e. The molecule has 0 radical (unpaired) electrons. The number of aromatic nitrogens is 2. The van der Waals surface area contributed by atoms with Gasteiger partial charge in [0, 0.05) is 25.4 Å². The van der Waals surface area contributed by atoms with Gasteiger partial charge in [-0.3, -0.25) is 0 Å². The van der Waals surface area contributed by atoms with E-state index in [1.165, 1.54) is 14.2 Å². The van der Waals surface area contributed by atoms with Crippen LogP contribution in [0.5, 0.6) is 0 Å². The zero-order chi connectivity index (χ0) is 9.68. The summed E-state index contributed by atoms with van der Waals surface area (Å²) in [5.74, 6) is -0.378. The summed E-state index contributed by atoms with van der Waals surface area (Å²) in [5.41, 5.74) is 0.845. The zero-order valence-electron chi connectivity index (χ0n) is 7.61. The molecule has 1 aromatic rings. The quantitative estimate of drug-likeness (QED) is 0.676. The van der Waals surface area contributed by atoms with E-state index in [0.717, 1.165) is 5.69 Å². The fourth-order valence-electron chi connectivity index (χ4n) is 0.990. The Kier molecular flexibility index (Phi) is 3.45. The number of nitrogens with one attached hydrogen (secondary N) is 1. The first kappa shape index (κ1) is 9.73. The molecule has 5 nitrogen and oxygen atoms in total. The van der Waals surface area contributed by atoms with Crippen LogP contribution in [0.1, 0.15) is 5.69 Å². The summed E-state index contributed by atoms with van der Waals surface area (Å²) in [4.78, 5) is 17.8. The van der Waals surface area contributed by atoms with Crippen molar-refractivity contribution in [3.05, 3.63) is 18.2 Å². The van der Waals surface area contributed by atoms with Gasteiger partial charge >= 0.3 is 5.97 Å². The fourth-order valence-corrected chi connectivity index (χ4v) is 0.990. The van der Waals surface area contributed by atoms with E-state index in [2.05, 4.69) is 14.7 Å². The van der Waals surface area contributed by atoms with Gasteiger partial charge < -0.3 is 14.5 Å². The van der Waals surface area contributed by atoms with Gasteiger partial charge in [0.25, 0.3) is 0 Å². The monoisotopic (exact) mass is 184 g/mol. The van der Waals surface area contributed by atoms with Crippen LogP contribution in [0.2, 0.25) is 0 Å². The second-order valence-corrected chi connectivity index (χ2v) is 2.53. The third kappa shape index (κ3) is 2.55. The van der Waals surface area contributed by atoms with Gasteiger partial charge in [0.1, 0.15) is 0 Å². The highest BCUT2D eigenvalue weighted by molar-refractivity contribution is 5.74. The molecule has 0 spiro atoms. The highest BCUT2D eigenvalue weighted by Crippen LogP contribution is 2.02. The Morgan fingerprint density at radius 3 is 2.92 bits per heavy atom. The summed E-state index contributed by atoms with van der Waals surface area (Å²) >= 11 is 0. The van der Waals surface area contributed by atoms with Gasteiger partial charge in [0.05, 0.1) is 13.4 Å². The molecule has 0 bridgehead atoms. The SMILES string of the molecule is COC(=O)C(Cc1cnc[nH]1)OC. The van der Waals surface area contributed by atoms with Crippen molar-refractivity contribution in [2.45, 2.75) is 12.5 Å². The van der Waals surface area contributed by atoms with Crippen molar-refractivity contribution in [1.82, 2.24) is 9.97 Å². The van der Waals surface area contributed by atoms with Crippen molar-refractivity contribution in [3.8, 4) is 0 Å². The summed E-state index contributed by atoms with van der Waals surface area (Å²) in [7, 11) is 2.80. The molecule has 13 heavy (non-hydrogen) atoms. The molecule has 0 saturated heterocycles. The van der Waals surface area contributed by atoms with E-state index in [0.29, 0.717) is 6.42 Å². The van der Waals surface area contributed by atoms with Crippen molar-refractivity contribution < 1.29 is 14.3 Å². The molecule has 0 saturated carbocycles. The maximum absolute atomic E-state index is 11.1. The van der Waals surface area contributed by atoms with E-state index in [1.807, 2.05) is 0 Å². The number of methoxy groups -OCH3 is 2. The van der Waals surface area contributed by atoms with Gasteiger partial charge in [-0.2, -0.15) is 0 Å². The molecule has 1 N–H and O–H groups in total. The van der Waals surface area contributed by atoms with Gasteiger partial charge in [0.2, 0.25) is 0 Å². The largest absolute Gasteiger partial charge is 0.467 e. The average molecular weight is 184 g/mol. The van der Waals surface area contributed by atoms with Gasteiger partial charge in [-0.25, -0.2) is 9.78 Å². The van der Waals surface area contributed by atoms with E-state index in [-0.39, 0.29) is 5.97 Å². The van der Waals surface area contributed by atoms with Gasteiger partial charge in [-0.1, -0.05) is 0 Å². The first-order valence-electron chi connectivity index (χ1n) is 3.85. The summed E-state index contributed by atoms with van der Waals surface area (Å²) in [5, 5.41) is 0. The second kappa shape index (κ2) is 4.61. The summed E-state index contributed by atoms with van der Waals surface area (Å²) in [6.07, 6.45) is 3.09. The number of hydrogen-bond donors (Lipinski definition) is 1. The molecule has 72 valence electrons. The molecule has 0 aliphatic heterocycles. The second-order valence-electron chi connectivity index (χ2n) is 2.53. The summed E-state index contributed by atoms with van der Waals surface area (Å²) in [6.45, 7) is 0. The Morgan fingerprint density at radius 1 is 1.69 bits per heavy atom. The van der Waals surface area contributed by atoms with Crippen LogP contribution in [-0.2, 0) is 20.7 Å². The summed E-state index contributed by atoms with van der Waals surface area (Å²) in [6, 6.07) is 0. The number of nitrogens with zero attached hydrogens (tertiary/aromatic N) is 1. The smallest absolute Gasteiger partial charge is 0.335 e. The average Bonchev–Trinajstić information content (AvgIpc) is 2.65. The molecule has 0 amide bonds. The number of carbonyl (C=O) groups is 1. The molecule has 5 heteroatoms. The Balaban J connectivity index is 2.54. The van der Waals surface area contributed by atoms with Crippen molar-refractivity contribution in [1.29, 1.82) is 0 Å². The first-order valence-corrected chi connectivity index (χ1v) is 3.85. The van der Waals surface area contributed by atoms with Crippen LogP contribution in [0.4, 0.5) is 0 Å². The van der Waals surface area contributed by atoms with Crippen LogP contribution in [0.3, 0.4) is 0 Å². The molecule has 1 aromatic heterocycles. The maximum atomic E-state index is 11.1. The predicted octanol–water partition coefficient (Wildman–Crippen LogP) is 0.140. The number of carbonyl (C=O) groups excluding carboxylic acids is 1. The van der Waals surface area contributed by atoms with Crippen LogP contribution >= 0.6 is 0 Å². The molecule has 1 unspecified atom stereocenters. The molecule has 1 atom stereocenters. The van der Waals surface area contributed by atoms with Crippen molar-refractivity contribution in [3.63, 3.8) is 0 Å². The van der Waals surface area contributed by atoms with Gasteiger partial charge in [0.15, 0.2) is 6.10 Å². The van der Waals surface area contributed by atoms with Crippen molar-refractivity contribution >= 4 is 5.97 Å². The minimum absolute atomic E-state index is 0.378. The van der Waals surface area contributed by atoms with E-state index in [4.69, 9.17) is 4.74 Å². The lowest BCUT2D eigenvalue weighted by Crippen LogP contribution is -2.26. The van der Waals surface area contributed by atoms with E-state index < -0.39 is 6.10 Å². The van der Waals surface area contributed by atoms with Crippen LogP contribution in [0, 0.1) is 0 Å². The van der Waals surface area contributed by atoms with Crippen molar-refractivity contribution in [2.24, 2.45) is 0 Å². The predicted molar refractivity (Wildman–Crippen MR) is 45.1 cm³/mol. The van der Waals surface area contributed by atoms with Crippen LogP contribution in [0.25, 0.3) is 0 Å². The molecule has 1 heterocycles. The first-order chi connectivity index (χ1) is 6.27. The number of esters is 1. The van der Waals surface area contributed by atoms with Crippen LogP contribution < -0.4 is 0 Å². The van der Waals surface area contributed by atoms with Crippen LogP contribution in [0.15, 0.2) is 12.5 Å². The Bertz CT molecular complexity index is 258. The molecule has 0 aliphatic carbocycles. The molecular formula is C8H12N2O3. The summed E-state index contributed by atoms with van der Waals surface area (Å²) < 4.78 is 9.51. The lowest BCUT2D eigenvalue weighted by molar-refractivity contribution is -0.152. The lowest BCUT2D eigenvalue weighted by atomic mass is 10.2. The normalized spacial score (nSPS) is 12.5. The fraction of sp³-hybridized carbons (Fsp3) is 0.500. The third-order valence-corrected chi connectivity index (χ3v) is 1.71. The molecular weight excluding hydrogens is 172 g/mol. The van der Waals surface area contributed by atoms with E-state index in [9.17, 15) is 4.79 Å². The number of ether oxygens (including phenoxy) is 2. The number of rotatable bonds is 4. The Morgan fingerprint density at radius 2 is 2.46 bits per heavy atom. The van der Waals surface area contributed by atoms with E-state index >= 15 is 0 Å². The van der Waals surface area contributed by atoms with Crippen molar-refractivity contribution in [2.75, 3.05) is 14.2 Å². The maximum Gasteiger partial charge on any atom is 0.335 e. The number of hydrogen-bond acceptors (Lipinski definition) is 4. The molecule has 0 aromatic carbocycles. The highest BCUT2D eigenvalue weighted by Gasteiger charge is 2.18. The third-order valence-electron chi connectivity index (χ3n) is 1.71. The standard InChI is InChI=1S/C8H12N2O3/c1-12-7(8(11)13-2)3-6-4-9-5-10-6/h4-5,7H,3H2,1-2H3,(H,9,10). The zero-order valence-corrected chi connectivity index (χ0v) is 7.61. The molecule has 0 aliphatic rings. The van der Waals surface area contributed by atoms with Gasteiger partial charge in [-0.15, -0.1) is 0 Å². The minimum atomic E-state index is -0.564. The van der Waals surface area contributed by atoms with E-state index in [1.54, 1.807) is 12.5 Å². The van der Waals surface area contributed by atoms with Gasteiger partial charge in [-0.05, 0) is 0 Å². The van der Waals surface area contributed by atoms with Crippen LogP contribution in [-0.4, -0.2) is 36.3 Å². The highest BCUT2D eigenvalue weighted by atomic mass is 16.6. The molecule has 1 rings (SSSR count). The number of H-pyrrole nitrogens is 1. The Labute approximate surface area is 76.1 Å². The number of aromatic amines is 1. The topological polar surface area (TPSA) is 64.2 Å². The Hall–Kier alpha value is -1.36.